The number of benzene rings is 1. The molecule has 0 fully saturated rings. The number of hydrogen-bond acceptors (Lipinski definition) is 3. The molecule has 0 aliphatic heterocycles. The Kier molecular flexibility index (Phi) is 5.54. The average molecular weight is 282 g/mol. The van der Waals surface area contributed by atoms with Crippen LogP contribution in [0, 0.1) is 12.8 Å². The number of rotatable bonds is 5. The van der Waals surface area contributed by atoms with Gasteiger partial charge in [-0.1, -0.05) is 26.0 Å². The lowest BCUT2D eigenvalue weighted by molar-refractivity contribution is -0.119. The van der Waals surface area contributed by atoms with E-state index in [-0.39, 0.29) is 17.7 Å². The van der Waals surface area contributed by atoms with Crippen molar-refractivity contribution in [2.24, 2.45) is 5.92 Å². The van der Waals surface area contributed by atoms with Gasteiger partial charge in [0.05, 0.1) is 21.4 Å². The third kappa shape index (κ3) is 4.35. The number of hydrogen-bond donors (Lipinski definition) is 2. The highest BCUT2D eigenvalue weighted by atomic mass is 32.2. The van der Waals surface area contributed by atoms with E-state index in [4.69, 9.17) is 5.73 Å². The summed E-state index contributed by atoms with van der Waals surface area (Å²) in [6.45, 7) is 7.85. The third-order valence-corrected chi connectivity index (χ3v) is 4.55. The Morgan fingerprint density at radius 1 is 1.37 bits per heavy atom. The first-order valence-corrected chi connectivity index (χ1v) is 7.67. The van der Waals surface area contributed by atoms with Crippen LogP contribution in [0.5, 0.6) is 0 Å². The SMILES string of the molecule is Cc1cccc(S(=O)CC(=O)NC(C)C(C)C)c1N. The van der Waals surface area contributed by atoms with Crippen LogP contribution in [-0.2, 0) is 15.6 Å². The number of nitrogens with two attached hydrogens (primary N) is 1. The standard InChI is InChI=1S/C14H22N2O2S/c1-9(2)11(4)16-13(17)8-19(18)12-7-5-6-10(3)14(12)15/h5-7,9,11H,8,15H2,1-4H3,(H,16,17). The van der Waals surface area contributed by atoms with Gasteiger partial charge in [0, 0.05) is 6.04 Å². The van der Waals surface area contributed by atoms with E-state index in [1.54, 1.807) is 12.1 Å². The van der Waals surface area contributed by atoms with Gasteiger partial charge in [-0.15, -0.1) is 0 Å². The van der Waals surface area contributed by atoms with Crippen molar-refractivity contribution in [3.8, 4) is 0 Å². The predicted molar refractivity (Wildman–Crippen MR) is 79.3 cm³/mol. The van der Waals surface area contributed by atoms with E-state index >= 15 is 0 Å². The third-order valence-electron chi connectivity index (χ3n) is 3.18. The summed E-state index contributed by atoms with van der Waals surface area (Å²) in [5, 5.41) is 2.84. The maximum absolute atomic E-state index is 12.1. The zero-order valence-electron chi connectivity index (χ0n) is 11.9. The molecule has 1 aromatic rings. The molecule has 0 saturated carbocycles. The maximum Gasteiger partial charge on any atom is 0.233 e. The Labute approximate surface area is 117 Å². The Hall–Kier alpha value is -1.36. The van der Waals surface area contributed by atoms with Gasteiger partial charge in [0.2, 0.25) is 5.91 Å². The van der Waals surface area contributed by atoms with Crippen molar-refractivity contribution in [3.63, 3.8) is 0 Å². The Balaban J connectivity index is 2.70. The minimum atomic E-state index is -1.40. The van der Waals surface area contributed by atoms with Crippen LogP contribution < -0.4 is 11.1 Å². The number of carbonyl (C=O) groups is 1. The van der Waals surface area contributed by atoms with Crippen LogP contribution >= 0.6 is 0 Å². The number of nitrogen functional groups attached to an aromatic ring is 1. The molecular weight excluding hydrogens is 260 g/mol. The molecule has 4 nitrogen and oxygen atoms in total. The van der Waals surface area contributed by atoms with Gasteiger partial charge in [-0.3, -0.25) is 9.00 Å². The van der Waals surface area contributed by atoms with Crippen LogP contribution in [0.2, 0.25) is 0 Å². The van der Waals surface area contributed by atoms with Crippen LogP contribution in [0.25, 0.3) is 0 Å². The summed E-state index contributed by atoms with van der Waals surface area (Å²) < 4.78 is 12.1. The second-order valence-corrected chi connectivity index (χ2v) is 6.50. The zero-order chi connectivity index (χ0) is 14.6. The number of nitrogens with one attached hydrogen (secondary N) is 1. The molecule has 1 aromatic carbocycles. The first-order chi connectivity index (χ1) is 8.82. The van der Waals surface area contributed by atoms with Crippen molar-refractivity contribution >= 4 is 22.4 Å². The van der Waals surface area contributed by atoms with Crippen molar-refractivity contribution in [1.29, 1.82) is 0 Å². The van der Waals surface area contributed by atoms with E-state index in [1.165, 1.54) is 0 Å². The van der Waals surface area contributed by atoms with Gasteiger partial charge in [0.1, 0.15) is 5.75 Å². The topological polar surface area (TPSA) is 72.2 Å². The fraction of sp³-hybridized carbons (Fsp3) is 0.500. The fourth-order valence-electron chi connectivity index (χ4n) is 1.51. The lowest BCUT2D eigenvalue weighted by Gasteiger charge is -2.17. The largest absolute Gasteiger partial charge is 0.398 e. The molecule has 0 saturated heterocycles. The van der Waals surface area contributed by atoms with E-state index < -0.39 is 10.8 Å². The van der Waals surface area contributed by atoms with Crippen LogP contribution in [0.15, 0.2) is 23.1 Å². The molecule has 1 rings (SSSR count). The predicted octanol–water partition coefficient (Wildman–Crippen LogP) is 1.85. The number of aryl methyl sites for hydroxylation is 1. The van der Waals surface area contributed by atoms with Crippen molar-refractivity contribution in [2.75, 3.05) is 11.5 Å². The summed E-state index contributed by atoms with van der Waals surface area (Å²) >= 11 is 0. The monoisotopic (exact) mass is 282 g/mol. The molecule has 5 heteroatoms. The minimum absolute atomic E-state index is 0.0509. The molecule has 19 heavy (non-hydrogen) atoms. The molecule has 0 spiro atoms. The molecule has 0 aromatic heterocycles. The number of para-hydroxylation sites is 1. The zero-order valence-corrected chi connectivity index (χ0v) is 12.7. The van der Waals surface area contributed by atoms with Gasteiger partial charge in [0.25, 0.3) is 0 Å². The summed E-state index contributed by atoms with van der Waals surface area (Å²) in [5.41, 5.74) is 7.27. The highest BCUT2D eigenvalue weighted by Gasteiger charge is 2.16. The van der Waals surface area contributed by atoms with E-state index in [0.29, 0.717) is 16.5 Å². The lowest BCUT2D eigenvalue weighted by Crippen LogP contribution is -2.38. The molecule has 0 aliphatic carbocycles. The molecule has 3 N–H and O–H groups in total. The van der Waals surface area contributed by atoms with Gasteiger partial charge < -0.3 is 11.1 Å². The van der Waals surface area contributed by atoms with Crippen molar-refractivity contribution in [3.05, 3.63) is 23.8 Å². The van der Waals surface area contributed by atoms with Crippen LogP contribution in [0.4, 0.5) is 5.69 Å². The Morgan fingerprint density at radius 3 is 2.58 bits per heavy atom. The van der Waals surface area contributed by atoms with Gasteiger partial charge in [-0.25, -0.2) is 0 Å². The highest BCUT2D eigenvalue weighted by molar-refractivity contribution is 7.86. The van der Waals surface area contributed by atoms with Crippen LogP contribution in [0.1, 0.15) is 26.3 Å². The Bertz CT molecular complexity index is 486. The first kappa shape index (κ1) is 15.7. The van der Waals surface area contributed by atoms with E-state index in [9.17, 15) is 9.00 Å². The first-order valence-electron chi connectivity index (χ1n) is 6.35. The normalized spacial score (nSPS) is 14.2. The van der Waals surface area contributed by atoms with E-state index in [1.807, 2.05) is 33.8 Å². The quantitative estimate of drug-likeness (QED) is 0.810. The van der Waals surface area contributed by atoms with Gasteiger partial charge in [0.15, 0.2) is 0 Å². The molecule has 1 amide bonds. The van der Waals surface area contributed by atoms with Crippen molar-refractivity contribution < 1.29 is 9.00 Å². The molecule has 106 valence electrons. The fourth-order valence-corrected chi connectivity index (χ4v) is 2.62. The van der Waals surface area contributed by atoms with E-state index in [0.717, 1.165) is 5.56 Å². The highest BCUT2D eigenvalue weighted by Crippen LogP contribution is 2.20. The lowest BCUT2D eigenvalue weighted by atomic mass is 10.1. The van der Waals surface area contributed by atoms with Crippen molar-refractivity contribution in [2.45, 2.75) is 38.6 Å². The minimum Gasteiger partial charge on any atom is -0.398 e. The van der Waals surface area contributed by atoms with Crippen LogP contribution in [-0.4, -0.2) is 21.9 Å². The average Bonchev–Trinajstić information content (AvgIpc) is 2.32. The van der Waals surface area contributed by atoms with Crippen molar-refractivity contribution in [1.82, 2.24) is 5.32 Å². The molecule has 0 heterocycles. The molecule has 0 radical (unpaired) electrons. The summed E-state index contributed by atoms with van der Waals surface area (Å²) in [7, 11) is -1.40. The summed E-state index contributed by atoms with van der Waals surface area (Å²) in [4.78, 5) is 12.3. The number of anilines is 1. The summed E-state index contributed by atoms with van der Waals surface area (Å²) in [6, 6.07) is 5.43. The summed E-state index contributed by atoms with van der Waals surface area (Å²) in [6.07, 6.45) is 0. The maximum atomic E-state index is 12.1. The molecule has 0 bridgehead atoms. The summed E-state index contributed by atoms with van der Waals surface area (Å²) in [5.74, 6) is 0.0897. The second-order valence-electron chi connectivity index (χ2n) is 5.08. The number of carbonyl (C=O) groups excluding carboxylic acids is 1. The molecule has 2 atom stereocenters. The molecule has 0 aliphatic rings. The van der Waals surface area contributed by atoms with Gasteiger partial charge >= 0.3 is 0 Å². The molecular formula is C14H22N2O2S. The Morgan fingerprint density at radius 2 is 2.00 bits per heavy atom. The number of amides is 1. The smallest absolute Gasteiger partial charge is 0.233 e. The second kappa shape index (κ2) is 6.70. The van der Waals surface area contributed by atoms with Gasteiger partial charge in [-0.2, -0.15) is 0 Å². The van der Waals surface area contributed by atoms with E-state index in [2.05, 4.69) is 5.32 Å². The van der Waals surface area contributed by atoms with Gasteiger partial charge in [-0.05, 0) is 31.4 Å². The van der Waals surface area contributed by atoms with Crippen LogP contribution in [0.3, 0.4) is 0 Å². The molecule has 2 unspecified atom stereocenters.